The van der Waals surface area contributed by atoms with Crippen LogP contribution in [0.3, 0.4) is 0 Å². The normalized spacial score (nSPS) is 14.7. The number of hydrogen-bond acceptors (Lipinski definition) is 2. The summed E-state index contributed by atoms with van der Waals surface area (Å²) in [6.45, 7) is 9.46. The van der Waals surface area contributed by atoms with Gasteiger partial charge in [-0.15, -0.1) is 11.3 Å². The number of benzene rings is 7. The lowest BCUT2D eigenvalue weighted by Gasteiger charge is -2.31. The number of hydrogen-bond donors (Lipinski definition) is 0. The minimum atomic E-state index is -0.101. The molecule has 1 aromatic heterocycles. The number of nitrogens with zero attached hydrogens (tertiary/aromatic N) is 1. The molecule has 0 bridgehead atoms. The highest BCUT2D eigenvalue weighted by Gasteiger charge is 2.39. The van der Waals surface area contributed by atoms with Gasteiger partial charge >= 0.3 is 0 Å². The van der Waals surface area contributed by atoms with E-state index in [2.05, 4.69) is 184 Å². The zero-order valence-electron chi connectivity index (χ0n) is 28.8. The van der Waals surface area contributed by atoms with E-state index in [9.17, 15) is 0 Å². The molecule has 0 saturated carbocycles. The van der Waals surface area contributed by atoms with Crippen LogP contribution in [-0.4, -0.2) is 0 Å². The third-order valence-corrected chi connectivity index (χ3v) is 12.7. The van der Waals surface area contributed by atoms with E-state index in [1.54, 1.807) is 0 Å². The van der Waals surface area contributed by atoms with E-state index in [-0.39, 0.29) is 10.8 Å². The molecule has 2 aliphatic carbocycles. The quantitative estimate of drug-likeness (QED) is 0.182. The van der Waals surface area contributed by atoms with Crippen molar-refractivity contribution in [2.45, 2.75) is 38.5 Å². The molecule has 2 heteroatoms. The molecule has 10 rings (SSSR count). The number of para-hydroxylation sites is 1. The van der Waals surface area contributed by atoms with Crippen molar-refractivity contribution in [2.24, 2.45) is 0 Å². The summed E-state index contributed by atoms with van der Waals surface area (Å²) in [5.41, 5.74) is 16.7. The minimum Gasteiger partial charge on any atom is -0.309 e. The maximum absolute atomic E-state index is 2.55. The van der Waals surface area contributed by atoms with Crippen molar-refractivity contribution in [3.63, 3.8) is 0 Å². The Balaban J connectivity index is 1.28. The van der Waals surface area contributed by atoms with Gasteiger partial charge in [0.15, 0.2) is 0 Å². The van der Waals surface area contributed by atoms with Gasteiger partial charge < -0.3 is 4.90 Å². The molecule has 0 N–H and O–H groups in total. The molecule has 0 saturated heterocycles. The average molecular weight is 660 g/mol. The zero-order valence-corrected chi connectivity index (χ0v) is 29.6. The van der Waals surface area contributed by atoms with Crippen molar-refractivity contribution in [3.05, 3.63) is 174 Å². The smallest absolute Gasteiger partial charge is 0.0543 e. The summed E-state index contributed by atoms with van der Waals surface area (Å²) in [6, 6.07) is 56.7. The minimum absolute atomic E-state index is 0.0546. The topological polar surface area (TPSA) is 3.24 Å². The van der Waals surface area contributed by atoms with E-state index in [1.807, 2.05) is 11.3 Å². The Morgan fingerprint density at radius 2 is 0.980 bits per heavy atom. The second-order valence-corrected chi connectivity index (χ2v) is 16.0. The second kappa shape index (κ2) is 10.5. The fraction of sp³-hybridized carbons (Fsp3) is 0.125. The van der Waals surface area contributed by atoms with Gasteiger partial charge in [-0.05, 0) is 69.3 Å². The van der Waals surface area contributed by atoms with Crippen LogP contribution in [0.4, 0.5) is 17.1 Å². The van der Waals surface area contributed by atoms with Crippen LogP contribution in [0.1, 0.15) is 49.9 Å². The van der Waals surface area contributed by atoms with Crippen molar-refractivity contribution in [1.82, 2.24) is 0 Å². The first-order valence-electron chi connectivity index (χ1n) is 17.6. The third kappa shape index (κ3) is 4.00. The van der Waals surface area contributed by atoms with E-state index in [1.165, 1.54) is 92.9 Å². The second-order valence-electron chi connectivity index (χ2n) is 14.9. The summed E-state index contributed by atoms with van der Waals surface area (Å²) in [4.78, 5) is 2.55. The lowest BCUT2D eigenvalue weighted by atomic mass is 9.82. The Kier molecular flexibility index (Phi) is 6.21. The molecule has 0 fully saturated rings. The van der Waals surface area contributed by atoms with Crippen LogP contribution < -0.4 is 4.90 Å². The number of fused-ring (bicyclic) bond motifs is 9. The molecule has 0 aliphatic heterocycles. The molecule has 2 aliphatic rings. The van der Waals surface area contributed by atoms with Crippen molar-refractivity contribution in [1.29, 1.82) is 0 Å². The van der Waals surface area contributed by atoms with Gasteiger partial charge in [0.05, 0.1) is 11.4 Å². The molecule has 0 spiro atoms. The molecule has 7 aromatic carbocycles. The van der Waals surface area contributed by atoms with Gasteiger partial charge in [-0.2, -0.15) is 0 Å². The van der Waals surface area contributed by atoms with Crippen LogP contribution in [0, 0.1) is 0 Å². The van der Waals surface area contributed by atoms with Crippen LogP contribution in [0.2, 0.25) is 0 Å². The van der Waals surface area contributed by atoms with E-state index in [0.717, 1.165) is 0 Å². The molecule has 0 atom stereocenters. The maximum atomic E-state index is 2.55. The average Bonchev–Trinajstić information content (AvgIpc) is 3.72. The first kappa shape index (κ1) is 29.5. The Hall–Kier alpha value is -5.44. The first-order valence-corrected chi connectivity index (χ1v) is 18.4. The van der Waals surface area contributed by atoms with Crippen LogP contribution in [-0.2, 0) is 10.8 Å². The van der Waals surface area contributed by atoms with Gasteiger partial charge in [-0.25, -0.2) is 0 Å². The molecular formula is C48H37NS. The molecule has 0 unspecified atom stereocenters. The predicted octanol–water partition coefficient (Wildman–Crippen LogP) is 13.8. The molecule has 240 valence electrons. The van der Waals surface area contributed by atoms with Crippen LogP contribution in [0.25, 0.3) is 53.6 Å². The van der Waals surface area contributed by atoms with Gasteiger partial charge in [-0.1, -0.05) is 149 Å². The van der Waals surface area contributed by atoms with Crippen molar-refractivity contribution in [3.8, 4) is 33.4 Å². The highest BCUT2D eigenvalue weighted by molar-refractivity contribution is 7.26. The highest BCUT2D eigenvalue weighted by atomic mass is 32.1. The lowest BCUT2D eigenvalue weighted by Crippen LogP contribution is -2.17. The van der Waals surface area contributed by atoms with Crippen molar-refractivity contribution in [2.75, 3.05) is 4.90 Å². The van der Waals surface area contributed by atoms with E-state index in [0.29, 0.717) is 0 Å². The third-order valence-electron chi connectivity index (χ3n) is 11.5. The molecule has 1 nitrogen and oxygen atoms in total. The van der Waals surface area contributed by atoms with E-state index < -0.39 is 0 Å². The Labute approximate surface area is 298 Å². The van der Waals surface area contributed by atoms with Gasteiger partial charge in [0, 0.05) is 53.4 Å². The van der Waals surface area contributed by atoms with Crippen molar-refractivity contribution < 1.29 is 0 Å². The summed E-state index contributed by atoms with van der Waals surface area (Å²) >= 11 is 1.90. The van der Waals surface area contributed by atoms with Gasteiger partial charge in [0.25, 0.3) is 0 Å². The highest BCUT2D eigenvalue weighted by Crippen LogP contribution is 2.56. The van der Waals surface area contributed by atoms with Gasteiger partial charge in [-0.3, -0.25) is 0 Å². The first-order chi connectivity index (χ1) is 24.3. The van der Waals surface area contributed by atoms with Crippen LogP contribution in [0.5, 0.6) is 0 Å². The maximum Gasteiger partial charge on any atom is 0.0543 e. The Morgan fingerprint density at radius 3 is 1.82 bits per heavy atom. The summed E-state index contributed by atoms with van der Waals surface area (Å²) in [5, 5.41) is 2.64. The molecule has 0 radical (unpaired) electrons. The lowest BCUT2D eigenvalue weighted by molar-refractivity contribution is 0.660. The largest absolute Gasteiger partial charge is 0.309 e. The summed E-state index contributed by atoms with van der Waals surface area (Å²) < 4.78 is 2.65. The predicted molar refractivity (Wildman–Crippen MR) is 215 cm³/mol. The standard InChI is InChI=1S/C48H37NS/c1-47(2)38-21-9-5-15-31(38)37-29-30(27-28-40(37)47)49(43-25-14-23-41-45(43)36-18-6-10-22-39(36)48(41,3)4)42-24-11-7-16-32(42)34-19-13-20-35-33-17-8-12-26-44(33)50-46(34)35/h5-29H,1-4H3. The number of thiophene rings is 1. The number of rotatable bonds is 4. The molecule has 8 aromatic rings. The Morgan fingerprint density at radius 1 is 0.420 bits per heavy atom. The number of anilines is 3. The summed E-state index contributed by atoms with van der Waals surface area (Å²) in [7, 11) is 0. The summed E-state index contributed by atoms with van der Waals surface area (Å²) in [5.74, 6) is 0. The van der Waals surface area contributed by atoms with E-state index in [4.69, 9.17) is 0 Å². The Bertz CT molecular complexity index is 2670. The summed E-state index contributed by atoms with van der Waals surface area (Å²) in [6.07, 6.45) is 0. The SMILES string of the molecule is CC1(C)c2ccccc2-c2cc(N(c3ccccc3-c3cccc4c3sc3ccccc34)c3cccc4c3-c3ccccc3C4(C)C)ccc21. The molecule has 1 heterocycles. The fourth-order valence-corrected chi connectivity index (χ4v) is 10.3. The van der Waals surface area contributed by atoms with E-state index >= 15 is 0 Å². The molecular weight excluding hydrogens is 623 g/mol. The van der Waals surface area contributed by atoms with Crippen LogP contribution in [0.15, 0.2) is 152 Å². The fourth-order valence-electron chi connectivity index (χ4n) is 9.03. The monoisotopic (exact) mass is 659 g/mol. The van der Waals surface area contributed by atoms with Gasteiger partial charge in [0.1, 0.15) is 0 Å². The molecule has 50 heavy (non-hydrogen) atoms. The molecule has 0 amide bonds. The van der Waals surface area contributed by atoms with Crippen LogP contribution >= 0.6 is 11.3 Å². The van der Waals surface area contributed by atoms with Gasteiger partial charge in [0.2, 0.25) is 0 Å². The zero-order chi connectivity index (χ0) is 33.8. The van der Waals surface area contributed by atoms with Crippen molar-refractivity contribution >= 4 is 48.6 Å².